The van der Waals surface area contributed by atoms with Gasteiger partial charge in [-0.15, -0.1) is 0 Å². The lowest BCUT2D eigenvalue weighted by Gasteiger charge is -2.48. The van der Waals surface area contributed by atoms with Crippen LogP contribution in [0.5, 0.6) is 0 Å². The van der Waals surface area contributed by atoms with Crippen LogP contribution in [0.15, 0.2) is 35.2 Å². The first-order chi connectivity index (χ1) is 12.3. The van der Waals surface area contributed by atoms with Crippen LogP contribution in [-0.4, -0.2) is 61.6 Å². The molecular weight excluding hydrogens is 350 g/mol. The quantitative estimate of drug-likeness (QED) is 0.849. The molecule has 2 fully saturated rings. The van der Waals surface area contributed by atoms with E-state index >= 15 is 0 Å². The zero-order valence-electron chi connectivity index (χ0n) is 15.8. The number of rotatable bonds is 5. The van der Waals surface area contributed by atoms with E-state index in [1.54, 1.807) is 24.3 Å². The number of benzene rings is 1. The number of hydrogen-bond acceptors (Lipinski definition) is 5. The van der Waals surface area contributed by atoms with E-state index in [0.29, 0.717) is 23.8 Å². The van der Waals surface area contributed by atoms with Crippen LogP contribution in [0.25, 0.3) is 0 Å². The van der Waals surface area contributed by atoms with E-state index in [0.717, 1.165) is 32.4 Å². The molecule has 1 aromatic rings. The Morgan fingerprint density at radius 1 is 1.23 bits per heavy atom. The molecule has 2 saturated heterocycles. The van der Waals surface area contributed by atoms with Gasteiger partial charge in [0.05, 0.1) is 28.5 Å². The highest BCUT2D eigenvalue weighted by Crippen LogP contribution is 2.39. The highest BCUT2D eigenvalue weighted by molar-refractivity contribution is 7.91. The molecule has 3 rings (SSSR count). The van der Waals surface area contributed by atoms with E-state index in [9.17, 15) is 13.5 Å². The van der Waals surface area contributed by atoms with E-state index in [1.807, 2.05) is 6.07 Å². The normalized spacial score (nSPS) is 27.1. The zero-order valence-corrected chi connectivity index (χ0v) is 16.6. The Balaban J connectivity index is 1.54. The first-order valence-electron chi connectivity index (χ1n) is 9.66. The lowest BCUT2D eigenvalue weighted by atomic mass is 9.80. The molecule has 2 aliphatic rings. The van der Waals surface area contributed by atoms with Crippen LogP contribution in [0.1, 0.15) is 39.5 Å². The number of aliphatic hydroxyl groups excluding tert-OH is 1. The van der Waals surface area contributed by atoms with E-state index < -0.39 is 9.84 Å². The molecule has 2 atom stereocenters. The maximum Gasteiger partial charge on any atom is 0.179 e. The molecule has 0 aliphatic carbocycles. The lowest BCUT2D eigenvalue weighted by Crippen LogP contribution is -2.54. The molecule has 0 bridgehead atoms. The van der Waals surface area contributed by atoms with Gasteiger partial charge in [-0.05, 0) is 37.3 Å². The number of likely N-dealkylation sites (tertiary alicyclic amines) is 1. The van der Waals surface area contributed by atoms with Gasteiger partial charge in [-0.2, -0.15) is 0 Å². The van der Waals surface area contributed by atoms with Crippen LogP contribution in [0, 0.1) is 5.92 Å². The van der Waals surface area contributed by atoms with Crippen LogP contribution in [0.3, 0.4) is 0 Å². The third kappa shape index (κ3) is 4.66. The molecule has 0 radical (unpaired) electrons. The van der Waals surface area contributed by atoms with Crippen molar-refractivity contribution in [3.63, 3.8) is 0 Å². The molecule has 1 N–H and O–H groups in total. The van der Waals surface area contributed by atoms with E-state index in [-0.39, 0.29) is 23.6 Å². The van der Waals surface area contributed by atoms with Gasteiger partial charge in [0, 0.05) is 26.1 Å². The second kappa shape index (κ2) is 7.97. The molecule has 146 valence electrons. The van der Waals surface area contributed by atoms with Crippen molar-refractivity contribution in [3.05, 3.63) is 30.3 Å². The molecule has 1 spiro atoms. The Kier molecular flexibility index (Phi) is 6.07. The zero-order chi connectivity index (χ0) is 18.8. The maximum atomic E-state index is 12.4. The van der Waals surface area contributed by atoms with Crippen LogP contribution in [0.4, 0.5) is 0 Å². The fraction of sp³-hybridized carbons (Fsp3) is 0.700. The third-order valence-corrected chi connectivity index (χ3v) is 7.51. The summed E-state index contributed by atoms with van der Waals surface area (Å²) < 4.78 is 31.3. The van der Waals surface area contributed by atoms with Gasteiger partial charge in [-0.1, -0.05) is 32.0 Å². The molecule has 2 heterocycles. The van der Waals surface area contributed by atoms with Gasteiger partial charge in [0.15, 0.2) is 9.84 Å². The van der Waals surface area contributed by atoms with Crippen molar-refractivity contribution in [2.75, 3.05) is 25.4 Å². The van der Waals surface area contributed by atoms with E-state index in [2.05, 4.69) is 18.7 Å². The molecular formula is C20H31NO4S. The largest absolute Gasteiger partial charge is 0.393 e. The van der Waals surface area contributed by atoms with Gasteiger partial charge in [-0.3, -0.25) is 0 Å². The smallest absolute Gasteiger partial charge is 0.179 e. The summed E-state index contributed by atoms with van der Waals surface area (Å²) in [6, 6.07) is 8.66. The maximum absolute atomic E-state index is 12.4. The molecule has 5 nitrogen and oxygen atoms in total. The van der Waals surface area contributed by atoms with Crippen molar-refractivity contribution in [2.24, 2.45) is 5.92 Å². The molecule has 0 saturated carbocycles. The minimum atomic E-state index is -3.23. The summed E-state index contributed by atoms with van der Waals surface area (Å²) in [4.78, 5) is 2.60. The van der Waals surface area contributed by atoms with E-state index in [4.69, 9.17) is 4.74 Å². The average Bonchev–Trinajstić information content (AvgIpc) is 2.61. The Morgan fingerprint density at radius 2 is 1.88 bits per heavy atom. The number of ether oxygens (including phenoxy) is 1. The minimum absolute atomic E-state index is 0.115. The van der Waals surface area contributed by atoms with Gasteiger partial charge in [-0.25, -0.2) is 8.42 Å². The molecule has 0 aromatic heterocycles. The van der Waals surface area contributed by atoms with Crippen LogP contribution < -0.4 is 0 Å². The molecule has 2 aliphatic heterocycles. The number of hydrogen-bond donors (Lipinski definition) is 1. The predicted molar refractivity (Wildman–Crippen MR) is 102 cm³/mol. The van der Waals surface area contributed by atoms with Gasteiger partial charge in [0.2, 0.25) is 0 Å². The second-order valence-corrected chi connectivity index (χ2v) is 10.3. The lowest BCUT2D eigenvalue weighted by molar-refractivity contribution is -0.192. The average molecular weight is 382 g/mol. The van der Waals surface area contributed by atoms with Gasteiger partial charge >= 0.3 is 0 Å². The molecule has 6 heteroatoms. The van der Waals surface area contributed by atoms with Crippen LogP contribution >= 0.6 is 0 Å². The summed E-state index contributed by atoms with van der Waals surface area (Å²) >= 11 is 0. The Bertz CT molecular complexity index is 681. The first kappa shape index (κ1) is 19.8. The highest BCUT2D eigenvalue weighted by atomic mass is 32.2. The summed E-state index contributed by atoms with van der Waals surface area (Å²) in [6.45, 7) is 6.47. The Labute approximate surface area is 157 Å². The van der Waals surface area contributed by atoms with E-state index in [1.165, 1.54) is 0 Å². The summed E-state index contributed by atoms with van der Waals surface area (Å²) in [6.07, 6.45) is 2.97. The monoisotopic (exact) mass is 381 g/mol. The van der Waals surface area contributed by atoms with Crippen molar-refractivity contribution in [2.45, 2.75) is 62.2 Å². The summed E-state index contributed by atoms with van der Waals surface area (Å²) in [5.74, 6) is 0.540. The van der Waals surface area contributed by atoms with Crippen LogP contribution in [-0.2, 0) is 14.6 Å². The number of aliphatic hydroxyl groups is 1. The standard InChI is InChI=1S/C20H31NO4S/c1-16(2)19-14-17(22)15-20(25-19)8-10-21(11-9-20)12-13-26(23,24)18-6-4-3-5-7-18/h3-7,16-17,19,22H,8-15H2,1-2H3/t17-,19-/m1/s1. The van der Waals surface area contributed by atoms with Gasteiger partial charge in [0.1, 0.15) is 0 Å². The minimum Gasteiger partial charge on any atom is -0.393 e. The first-order valence-corrected chi connectivity index (χ1v) is 11.3. The molecule has 0 amide bonds. The number of piperidine rings is 1. The van der Waals surface area contributed by atoms with Crippen LogP contribution in [0.2, 0.25) is 0 Å². The van der Waals surface area contributed by atoms with Crippen molar-refractivity contribution >= 4 is 9.84 Å². The fourth-order valence-corrected chi connectivity index (χ4v) is 5.41. The van der Waals surface area contributed by atoms with Crippen molar-refractivity contribution in [3.8, 4) is 0 Å². The van der Waals surface area contributed by atoms with Crippen molar-refractivity contribution in [1.82, 2.24) is 4.90 Å². The summed E-state index contributed by atoms with van der Waals surface area (Å²) in [5, 5.41) is 10.3. The molecule has 26 heavy (non-hydrogen) atoms. The second-order valence-electron chi connectivity index (χ2n) is 8.15. The summed E-state index contributed by atoms with van der Waals surface area (Å²) in [5.41, 5.74) is -0.235. The van der Waals surface area contributed by atoms with Crippen molar-refractivity contribution in [1.29, 1.82) is 0 Å². The predicted octanol–water partition coefficient (Wildman–Crippen LogP) is 2.49. The molecule has 0 unspecified atom stereocenters. The summed E-state index contributed by atoms with van der Waals surface area (Å²) in [7, 11) is -3.23. The topological polar surface area (TPSA) is 66.8 Å². The van der Waals surface area contributed by atoms with Crippen molar-refractivity contribution < 1.29 is 18.3 Å². The number of nitrogens with zero attached hydrogens (tertiary/aromatic N) is 1. The molecule has 1 aromatic carbocycles. The highest BCUT2D eigenvalue weighted by Gasteiger charge is 2.43. The Morgan fingerprint density at radius 3 is 2.50 bits per heavy atom. The Hall–Kier alpha value is -0.950. The third-order valence-electron chi connectivity index (χ3n) is 5.80. The fourth-order valence-electron chi connectivity index (χ4n) is 4.11. The van der Waals surface area contributed by atoms with Gasteiger partial charge < -0.3 is 14.7 Å². The SMILES string of the molecule is CC(C)[C@H]1C[C@@H](O)CC2(CCN(CCS(=O)(=O)c3ccccc3)CC2)O1. The van der Waals surface area contributed by atoms with Gasteiger partial charge in [0.25, 0.3) is 0 Å². The number of sulfone groups is 1.